The van der Waals surface area contributed by atoms with Gasteiger partial charge in [0.25, 0.3) is 0 Å². The normalized spacial score (nSPS) is 23.2. The van der Waals surface area contributed by atoms with E-state index in [1.807, 2.05) is 0 Å². The van der Waals surface area contributed by atoms with Crippen LogP contribution in [0.4, 0.5) is 0 Å². The average molecular weight is 246 g/mol. The zero-order valence-electron chi connectivity index (χ0n) is 11.9. The molecular weight excluding hydrogens is 220 g/mol. The molecule has 100 valence electrons. The summed E-state index contributed by atoms with van der Waals surface area (Å²) in [4.78, 5) is 2.56. The fraction of sp³-hybridized carbons (Fsp3) is 0.625. The number of nitrogens with zero attached hydrogens (tertiary/aromatic N) is 1. The van der Waals surface area contributed by atoms with Crippen molar-refractivity contribution in [3.05, 3.63) is 35.9 Å². The number of benzene rings is 1. The Kier molecular flexibility index (Phi) is 4.08. The van der Waals surface area contributed by atoms with Crippen molar-refractivity contribution < 1.29 is 0 Å². The molecule has 0 radical (unpaired) electrons. The van der Waals surface area contributed by atoms with Gasteiger partial charge in [-0.2, -0.15) is 0 Å². The summed E-state index contributed by atoms with van der Waals surface area (Å²) in [6.45, 7) is 10.1. The van der Waals surface area contributed by atoms with Gasteiger partial charge in [0.1, 0.15) is 0 Å². The molecule has 0 amide bonds. The third kappa shape index (κ3) is 2.93. The molecule has 0 saturated carbocycles. The van der Waals surface area contributed by atoms with Crippen molar-refractivity contribution in [1.29, 1.82) is 0 Å². The van der Waals surface area contributed by atoms with E-state index in [2.05, 4.69) is 56.0 Å². The average Bonchev–Trinajstić information content (AvgIpc) is 2.81. The van der Waals surface area contributed by atoms with Crippen molar-refractivity contribution >= 4 is 0 Å². The lowest BCUT2D eigenvalue weighted by molar-refractivity contribution is 0.197. The number of rotatable bonds is 3. The summed E-state index contributed by atoms with van der Waals surface area (Å²) in [5.41, 5.74) is 7.76. The van der Waals surface area contributed by atoms with Gasteiger partial charge in [-0.25, -0.2) is 0 Å². The van der Waals surface area contributed by atoms with Gasteiger partial charge in [-0.15, -0.1) is 0 Å². The highest BCUT2D eigenvalue weighted by molar-refractivity contribution is 5.19. The lowest BCUT2D eigenvalue weighted by Gasteiger charge is -2.30. The smallest absolute Gasteiger partial charge is 0.0470 e. The van der Waals surface area contributed by atoms with E-state index < -0.39 is 0 Å². The second-order valence-electron chi connectivity index (χ2n) is 6.51. The van der Waals surface area contributed by atoms with Crippen LogP contribution in [-0.2, 0) is 0 Å². The van der Waals surface area contributed by atoms with E-state index in [1.54, 1.807) is 0 Å². The molecule has 0 aromatic heterocycles. The van der Waals surface area contributed by atoms with Gasteiger partial charge in [0.15, 0.2) is 0 Å². The van der Waals surface area contributed by atoms with E-state index in [0.29, 0.717) is 18.0 Å². The quantitative estimate of drug-likeness (QED) is 0.888. The molecule has 1 saturated heterocycles. The Morgan fingerprint density at radius 1 is 1.28 bits per heavy atom. The molecule has 1 heterocycles. The van der Waals surface area contributed by atoms with Crippen LogP contribution in [0.25, 0.3) is 0 Å². The van der Waals surface area contributed by atoms with E-state index in [-0.39, 0.29) is 0 Å². The van der Waals surface area contributed by atoms with E-state index in [0.717, 1.165) is 5.92 Å². The molecule has 2 N–H and O–H groups in total. The Morgan fingerprint density at radius 2 is 1.94 bits per heavy atom. The molecule has 2 rings (SSSR count). The van der Waals surface area contributed by atoms with Crippen molar-refractivity contribution in [2.45, 2.75) is 33.2 Å². The van der Waals surface area contributed by atoms with Gasteiger partial charge in [0.05, 0.1) is 0 Å². The van der Waals surface area contributed by atoms with Crippen molar-refractivity contribution in [3.63, 3.8) is 0 Å². The minimum atomic E-state index is 0.388. The summed E-state index contributed by atoms with van der Waals surface area (Å²) in [5, 5.41) is 0. The van der Waals surface area contributed by atoms with Crippen LogP contribution in [0.15, 0.2) is 30.3 Å². The summed E-state index contributed by atoms with van der Waals surface area (Å²) in [6, 6.07) is 11.1. The van der Waals surface area contributed by atoms with Crippen LogP contribution in [0.3, 0.4) is 0 Å². The number of hydrogen-bond donors (Lipinski definition) is 1. The molecule has 1 aliphatic heterocycles. The number of likely N-dealkylation sites (tertiary alicyclic amines) is 1. The maximum Gasteiger partial charge on any atom is 0.0470 e. The summed E-state index contributed by atoms with van der Waals surface area (Å²) in [6.07, 6.45) is 1.30. The second-order valence-corrected chi connectivity index (χ2v) is 6.51. The molecular formula is C16H26N2. The Balaban J connectivity index is 2.08. The predicted octanol–water partition coefficient (Wildman–Crippen LogP) is 3.05. The summed E-state index contributed by atoms with van der Waals surface area (Å²) >= 11 is 0. The van der Waals surface area contributed by atoms with Crippen molar-refractivity contribution in [3.8, 4) is 0 Å². The van der Waals surface area contributed by atoms with Crippen molar-refractivity contribution in [2.24, 2.45) is 17.1 Å². The van der Waals surface area contributed by atoms with Crippen LogP contribution in [0, 0.1) is 11.3 Å². The maximum absolute atomic E-state index is 6.00. The molecule has 2 nitrogen and oxygen atoms in total. The second kappa shape index (κ2) is 5.41. The SMILES string of the molecule is CC(C)(C)C1CCN(C(CN)c2ccccc2)C1. The molecule has 0 bridgehead atoms. The summed E-state index contributed by atoms with van der Waals surface area (Å²) in [5.74, 6) is 0.787. The first-order chi connectivity index (χ1) is 8.52. The zero-order chi connectivity index (χ0) is 13.2. The van der Waals surface area contributed by atoms with Crippen LogP contribution in [0.5, 0.6) is 0 Å². The number of nitrogens with two attached hydrogens (primary N) is 1. The van der Waals surface area contributed by atoms with E-state index in [1.165, 1.54) is 25.1 Å². The molecule has 1 aliphatic rings. The lowest BCUT2D eigenvalue weighted by Crippen LogP contribution is -2.33. The molecule has 2 heteroatoms. The van der Waals surface area contributed by atoms with Crippen LogP contribution in [-0.4, -0.2) is 24.5 Å². The third-order valence-electron chi connectivity index (χ3n) is 4.29. The van der Waals surface area contributed by atoms with E-state index in [9.17, 15) is 0 Å². The van der Waals surface area contributed by atoms with Gasteiger partial charge in [-0.05, 0) is 29.9 Å². The Hall–Kier alpha value is -0.860. The fourth-order valence-electron chi connectivity index (χ4n) is 2.95. The molecule has 0 spiro atoms. The zero-order valence-corrected chi connectivity index (χ0v) is 11.9. The molecule has 0 aliphatic carbocycles. The van der Waals surface area contributed by atoms with Crippen LogP contribution < -0.4 is 5.73 Å². The Morgan fingerprint density at radius 3 is 2.44 bits per heavy atom. The Bertz CT molecular complexity index is 366. The summed E-state index contributed by atoms with van der Waals surface area (Å²) < 4.78 is 0. The molecule has 2 unspecified atom stereocenters. The van der Waals surface area contributed by atoms with Gasteiger partial charge in [0, 0.05) is 19.1 Å². The fourth-order valence-corrected chi connectivity index (χ4v) is 2.95. The highest BCUT2D eigenvalue weighted by atomic mass is 15.2. The minimum Gasteiger partial charge on any atom is -0.329 e. The molecule has 1 aromatic rings. The van der Waals surface area contributed by atoms with Gasteiger partial charge in [-0.1, -0.05) is 51.1 Å². The Labute approximate surface area is 111 Å². The topological polar surface area (TPSA) is 29.3 Å². The minimum absolute atomic E-state index is 0.388. The first-order valence-corrected chi connectivity index (χ1v) is 7.01. The monoisotopic (exact) mass is 246 g/mol. The van der Waals surface area contributed by atoms with Crippen LogP contribution in [0.2, 0.25) is 0 Å². The third-order valence-corrected chi connectivity index (χ3v) is 4.29. The first kappa shape index (κ1) is 13.6. The highest BCUT2D eigenvalue weighted by Crippen LogP contribution is 2.36. The summed E-state index contributed by atoms with van der Waals surface area (Å²) in [7, 11) is 0. The maximum atomic E-state index is 6.00. The van der Waals surface area contributed by atoms with Gasteiger partial charge in [-0.3, -0.25) is 4.90 Å². The van der Waals surface area contributed by atoms with E-state index >= 15 is 0 Å². The van der Waals surface area contributed by atoms with Gasteiger partial charge >= 0.3 is 0 Å². The van der Waals surface area contributed by atoms with Crippen LogP contribution in [0.1, 0.15) is 38.8 Å². The lowest BCUT2D eigenvalue weighted by atomic mass is 9.80. The predicted molar refractivity (Wildman–Crippen MR) is 77.4 cm³/mol. The van der Waals surface area contributed by atoms with Crippen molar-refractivity contribution in [2.75, 3.05) is 19.6 Å². The van der Waals surface area contributed by atoms with Gasteiger partial charge in [0.2, 0.25) is 0 Å². The molecule has 18 heavy (non-hydrogen) atoms. The van der Waals surface area contributed by atoms with Crippen molar-refractivity contribution in [1.82, 2.24) is 4.90 Å². The van der Waals surface area contributed by atoms with Gasteiger partial charge < -0.3 is 5.73 Å². The number of hydrogen-bond acceptors (Lipinski definition) is 2. The molecule has 1 fully saturated rings. The standard InChI is InChI=1S/C16H26N2/c1-16(2,3)14-9-10-18(12-14)15(11-17)13-7-5-4-6-8-13/h4-8,14-15H,9-12,17H2,1-3H3. The highest BCUT2D eigenvalue weighted by Gasteiger charge is 2.34. The largest absolute Gasteiger partial charge is 0.329 e. The molecule has 2 atom stereocenters. The van der Waals surface area contributed by atoms with Crippen LogP contribution >= 0.6 is 0 Å². The molecule has 1 aromatic carbocycles. The van der Waals surface area contributed by atoms with E-state index in [4.69, 9.17) is 5.73 Å². The first-order valence-electron chi connectivity index (χ1n) is 7.01.